The van der Waals surface area contributed by atoms with Crippen molar-refractivity contribution in [3.63, 3.8) is 0 Å². The van der Waals surface area contributed by atoms with Crippen LogP contribution in [-0.2, 0) is 4.79 Å². The first-order valence-electron chi connectivity index (χ1n) is 12.9. The minimum Gasteiger partial charge on any atom is -0.497 e. The molecule has 1 atom stereocenters. The van der Waals surface area contributed by atoms with Crippen LogP contribution >= 0.6 is 11.6 Å². The van der Waals surface area contributed by atoms with Crippen molar-refractivity contribution in [2.24, 2.45) is 4.99 Å². The Morgan fingerprint density at radius 3 is 1.92 bits per heavy atom. The van der Waals surface area contributed by atoms with E-state index < -0.39 is 11.6 Å². The number of anilines is 1. The highest BCUT2D eigenvalue weighted by Crippen LogP contribution is 2.42. The molecule has 1 heterocycles. The van der Waals surface area contributed by atoms with Crippen LogP contribution in [0.5, 0.6) is 11.5 Å². The van der Waals surface area contributed by atoms with Gasteiger partial charge in [0.15, 0.2) is 0 Å². The van der Waals surface area contributed by atoms with Crippen molar-refractivity contribution >= 4 is 28.9 Å². The SMILES string of the molecule is CC[C@@]1(C)N=C(c2ccccc2)c2cc(Cl)ccc2N(C(c2ccc(OC)cc2)c2ccc(OC)cc2)C1=O. The van der Waals surface area contributed by atoms with E-state index in [0.29, 0.717) is 11.4 Å². The molecule has 198 valence electrons. The Morgan fingerprint density at radius 1 is 0.846 bits per heavy atom. The molecule has 39 heavy (non-hydrogen) atoms. The smallest absolute Gasteiger partial charge is 0.255 e. The van der Waals surface area contributed by atoms with Crippen LogP contribution in [-0.4, -0.2) is 31.4 Å². The van der Waals surface area contributed by atoms with E-state index in [1.165, 1.54) is 0 Å². The van der Waals surface area contributed by atoms with Gasteiger partial charge in [0.05, 0.1) is 31.7 Å². The number of benzodiazepines with no additional fused rings is 1. The number of amides is 1. The van der Waals surface area contributed by atoms with Gasteiger partial charge in [0.2, 0.25) is 0 Å². The highest BCUT2D eigenvalue weighted by atomic mass is 35.5. The minimum atomic E-state index is -1.01. The molecule has 4 aromatic carbocycles. The Balaban J connectivity index is 1.80. The molecule has 1 aliphatic rings. The zero-order valence-electron chi connectivity index (χ0n) is 22.5. The van der Waals surface area contributed by atoms with Crippen LogP contribution in [0.2, 0.25) is 5.02 Å². The van der Waals surface area contributed by atoms with Crippen LogP contribution in [0.1, 0.15) is 48.6 Å². The summed E-state index contributed by atoms with van der Waals surface area (Å²) in [5, 5.41) is 0.579. The van der Waals surface area contributed by atoms with Crippen LogP contribution in [0.3, 0.4) is 0 Å². The second-order valence-electron chi connectivity index (χ2n) is 9.74. The molecule has 0 N–H and O–H groups in total. The summed E-state index contributed by atoms with van der Waals surface area (Å²) < 4.78 is 10.8. The lowest BCUT2D eigenvalue weighted by atomic mass is 9.91. The maximum absolute atomic E-state index is 14.7. The van der Waals surface area contributed by atoms with Gasteiger partial charge in [-0.05, 0) is 66.9 Å². The van der Waals surface area contributed by atoms with Gasteiger partial charge in [-0.1, -0.05) is 73.1 Å². The fourth-order valence-electron chi connectivity index (χ4n) is 5.00. The Bertz CT molecular complexity index is 1450. The van der Waals surface area contributed by atoms with Gasteiger partial charge in [-0.2, -0.15) is 0 Å². The average molecular weight is 539 g/mol. The third-order valence-corrected chi connectivity index (χ3v) is 7.60. The maximum atomic E-state index is 14.7. The van der Waals surface area contributed by atoms with Gasteiger partial charge in [-0.15, -0.1) is 0 Å². The quantitative estimate of drug-likeness (QED) is 0.245. The minimum absolute atomic E-state index is 0.0869. The highest BCUT2D eigenvalue weighted by molar-refractivity contribution is 6.32. The number of fused-ring (bicyclic) bond motifs is 1. The van der Waals surface area contributed by atoms with Crippen molar-refractivity contribution in [2.45, 2.75) is 31.8 Å². The summed E-state index contributed by atoms with van der Waals surface area (Å²) in [5.74, 6) is 1.40. The predicted molar refractivity (Wildman–Crippen MR) is 158 cm³/mol. The Morgan fingerprint density at radius 2 is 1.41 bits per heavy atom. The van der Waals surface area contributed by atoms with E-state index in [2.05, 4.69) is 0 Å². The normalized spacial score (nSPS) is 16.9. The van der Waals surface area contributed by atoms with E-state index in [4.69, 9.17) is 26.1 Å². The molecular formula is C33H31ClN2O3. The Labute approximate surface area is 234 Å². The lowest BCUT2D eigenvalue weighted by molar-refractivity contribution is -0.123. The predicted octanol–water partition coefficient (Wildman–Crippen LogP) is 7.50. The monoisotopic (exact) mass is 538 g/mol. The molecule has 5 rings (SSSR count). The molecule has 1 aliphatic heterocycles. The second-order valence-corrected chi connectivity index (χ2v) is 10.2. The summed E-state index contributed by atoms with van der Waals surface area (Å²) in [6.07, 6.45) is 0.526. The summed E-state index contributed by atoms with van der Waals surface area (Å²) in [7, 11) is 3.28. The zero-order chi connectivity index (χ0) is 27.6. The summed E-state index contributed by atoms with van der Waals surface area (Å²) in [4.78, 5) is 21.7. The standard InChI is InChI=1S/C33H31ClN2O3/c1-5-33(2)32(37)36(29-20-15-25(34)21-28(29)30(35-33)22-9-7-6-8-10-22)31(23-11-16-26(38-3)17-12-23)24-13-18-27(39-4)19-14-24/h6-21,31H,5H2,1-4H3/t33-/m1/s1. The molecule has 0 aromatic heterocycles. The number of hydrogen-bond donors (Lipinski definition) is 0. The van der Waals surface area contributed by atoms with Crippen LogP contribution in [0.15, 0.2) is 102 Å². The lowest BCUT2D eigenvalue weighted by Gasteiger charge is -2.37. The van der Waals surface area contributed by atoms with Gasteiger partial charge in [-0.25, -0.2) is 0 Å². The molecule has 5 nitrogen and oxygen atoms in total. The number of halogens is 1. The van der Waals surface area contributed by atoms with Crippen molar-refractivity contribution in [1.82, 2.24) is 0 Å². The molecule has 0 radical (unpaired) electrons. The molecule has 0 unspecified atom stereocenters. The first-order chi connectivity index (χ1) is 18.9. The first kappa shape index (κ1) is 26.5. The Kier molecular flexibility index (Phi) is 7.45. The number of aliphatic imine (C=N–C) groups is 1. The molecule has 0 aliphatic carbocycles. The summed E-state index contributed by atoms with van der Waals surface area (Å²) in [6.45, 7) is 3.92. The van der Waals surface area contributed by atoms with Gasteiger partial charge in [0.1, 0.15) is 17.0 Å². The summed E-state index contributed by atoms with van der Waals surface area (Å²) >= 11 is 6.57. The molecule has 4 aromatic rings. The lowest BCUT2D eigenvalue weighted by Crippen LogP contribution is -2.47. The fourth-order valence-corrected chi connectivity index (χ4v) is 5.17. The van der Waals surface area contributed by atoms with Gasteiger partial charge < -0.3 is 9.47 Å². The van der Waals surface area contributed by atoms with Crippen molar-refractivity contribution < 1.29 is 14.3 Å². The molecule has 6 heteroatoms. The van der Waals surface area contributed by atoms with E-state index in [-0.39, 0.29) is 5.91 Å². The van der Waals surface area contributed by atoms with E-state index >= 15 is 0 Å². The van der Waals surface area contributed by atoms with E-state index in [9.17, 15) is 4.79 Å². The third kappa shape index (κ3) is 5.02. The van der Waals surface area contributed by atoms with E-state index in [0.717, 1.165) is 45.2 Å². The zero-order valence-corrected chi connectivity index (χ0v) is 23.3. The van der Waals surface area contributed by atoms with Crippen LogP contribution < -0.4 is 14.4 Å². The number of ether oxygens (including phenoxy) is 2. The van der Waals surface area contributed by atoms with Crippen molar-refractivity contribution in [2.75, 3.05) is 19.1 Å². The van der Waals surface area contributed by atoms with Crippen molar-refractivity contribution in [1.29, 1.82) is 0 Å². The first-order valence-corrected chi connectivity index (χ1v) is 13.3. The van der Waals surface area contributed by atoms with Crippen LogP contribution in [0.4, 0.5) is 5.69 Å². The molecular weight excluding hydrogens is 508 g/mol. The van der Waals surface area contributed by atoms with Gasteiger partial charge in [0.25, 0.3) is 5.91 Å². The third-order valence-electron chi connectivity index (χ3n) is 7.37. The highest BCUT2D eigenvalue weighted by Gasteiger charge is 2.43. The maximum Gasteiger partial charge on any atom is 0.255 e. The van der Waals surface area contributed by atoms with Gasteiger partial charge in [0, 0.05) is 16.1 Å². The number of methoxy groups -OCH3 is 2. The van der Waals surface area contributed by atoms with E-state index in [1.807, 2.05) is 116 Å². The van der Waals surface area contributed by atoms with Gasteiger partial charge >= 0.3 is 0 Å². The summed E-state index contributed by atoms with van der Waals surface area (Å²) in [5.41, 5.74) is 4.12. The number of nitrogens with zero attached hydrogens (tertiary/aromatic N) is 2. The second kappa shape index (κ2) is 11.0. The van der Waals surface area contributed by atoms with Crippen molar-refractivity contribution in [3.05, 3.63) is 124 Å². The number of rotatable bonds is 7. The Hall–Kier alpha value is -4.09. The number of carbonyl (C=O) groups is 1. The topological polar surface area (TPSA) is 51.1 Å². The molecule has 1 amide bonds. The molecule has 0 saturated heterocycles. The van der Waals surface area contributed by atoms with Crippen LogP contribution in [0.25, 0.3) is 0 Å². The van der Waals surface area contributed by atoms with Crippen LogP contribution in [0, 0.1) is 0 Å². The average Bonchev–Trinajstić information content (AvgIpc) is 3.07. The number of benzene rings is 4. The summed E-state index contributed by atoms with van der Waals surface area (Å²) in [6, 6.07) is 30.9. The number of carbonyl (C=O) groups excluding carboxylic acids is 1. The van der Waals surface area contributed by atoms with Gasteiger partial charge in [-0.3, -0.25) is 14.7 Å². The fraction of sp³-hybridized carbons (Fsp3) is 0.212. The largest absolute Gasteiger partial charge is 0.497 e. The molecule has 0 fully saturated rings. The number of hydrogen-bond acceptors (Lipinski definition) is 4. The van der Waals surface area contributed by atoms with E-state index in [1.54, 1.807) is 14.2 Å². The molecule has 0 bridgehead atoms. The molecule has 0 spiro atoms. The molecule has 0 saturated carbocycles. The van der Waals surface area contributed by atoms with Crippen molar-refractivity contribution in [3.8, 4) is 11.5 Å².